The Kier molecular flexibility index (Phi) is 6.08. The van der Waals surface area contributed by atoms with Gasteiger partial charge in [-0.1, -0.05) is 30.3 Å². The number of carbonyl (C=O) groups is 1. The number of nitrogens with zero attached hydrogens (tertiary/aromatic N) is 1. The highest BCUT2D eigenvalue weighted by atomic mass is 32.2. The average molecular weight is 453 g/mol. The zero-order valence-corrected chi connectivity index (χ0v) is 19.4. The molecule has 6 heteroatoms. The highest BCUT2D eigenvalue weighted by Crippen LogP contribution is 2.32. The second kappa shape index (κ2) is 8.99. The summed E-state index contributed by atoms with van der Waals surface area (Å²) in [4.78, 5) is 13.2. The van der Waals surface area contributed by atoms with E-state index in [1.807, 2.05) is 12.1 Å². The summed E-state index contributed by atoms with van der Waals surface area (Å²) in [6.07, 6.45) is 7.67. The Hall–Kier alpha value is -2.18. The summed E-state index contributed by atoms with van der Waals surface area (Å²) in [5, 5.41) is 3.17. The summed E-state index contributed by atoms with van der Waals surface area (Å²) in [7, 11) is -3.49. The van der Waals surface area contributed by atoms with Gasteiger partial charge < -0.3 is 5.32 Å². The Morgan fingerprint density at radius 1 is 0.906 bits per heavy atom. The van der Waals surface area contributed by atoms with Crippen LogP contribution in [0.3, 0.4) is 0 Å². The lowest BCUT2D eigenvalue weighted by Crippen LogP contribution is -2.43. The van der Waals surface area contributed by atoms with Crippen molar-refractivity contribution in [1.82, 2.24) is 9.62 Å². The summed E-state index contributed by atoms with van der Waals surface area (Å²) in [6, 6.07) is 14.1. The van der Waals surface area contributed by atoms with Crippen LogP contribution in [0.4, 0.5) is 0 Å². The molecule has 1 N–H and O–H groups in total. The summed E-state index contributed by atoms with van der Waals surface area (Å²) in [6.45, 7) is 1.48. The van der Waals surface area contributed by atoms with E-state index in [0.717, 1.165) is 38.5 Å². The van der Waals surface area contributed by atoms with E-state index in [1.54, 1.807) is 10.4 Å². The Bertz CT molecular complexity index is 1100. The molecule has 170 valence electrons. The second-order valence-electron chi connectivity index (χ2n) is 9.50. The van der Waals surface area contributed by atoms with Crippen LogP contribution in [0.15, 0.2) is 47.4 Å². The quantitative estimate of drug-likeness (QED) is 0.750. The third-order valence-electron chi connectivity index (χ3n) is 7.55. The van der Waals surface area contributed by atoms with Crippen LogP contribution in [0.5, 0.6) is 0 Å². The van der Waals surface area contributed by atoms with Crippen LogP contribution in [0, 0.1) is 5.92 Å². The molecule has 1 heterocycles. The first-order valence-corrected chi connectivity index (χ1v) is 13.4. The molecule has 2 aromatic rings. The number of nitrogens with one attached hydrogen (secondary N) is 1. The molecule has 3 aliphatic rings. The number of sulfonamides is 1. The number of fused-ring (bicyclic) bond motifs is 2. The third-order valence-corrected chi connectivity index (χ3v) is 9.44. The van der Waals surface area contributed by atoms with Gasteiger partial charge in [-0.2, -0.15) is 4.31 Å². The van der Waals surface area contributed by atoms with Gasteiger partial charge in [-0.15, -0.1) is 0 Å². The van der Waals surface area contributed by atoms with Crippen molar-refractivity contribution in [3.8, 4) is 0 Å². The van der Waals surface area contributed by atoms with Crippen LogP contribution >= 0.6 is 0 Å². The summed E-state index contributed by atoms with van der Waals surface area (Å²) >= 11 is 0. The van der Waals surface area contributed by atoms with Gasteiger partial charge in [0, 0.05) is 31.5 Å². The van der Waals surface area contributed by atoms with E-state index in [9.17, 15) is 13.2 Å². The van der Waals surface area contributed by atoms with E-state index in [1.165, 1.54) is 22.3 Å². The van der Waals surface area contributed by atoms with Gasteiger partial charge in [-0.05, 0) is 85.8 Å². The van der Waals surface area contributed by atoms with Gasteiger partial charge in [-0.3, -0.25) is 4.79 Å². The van der Waals surface area contributed by atoms with Gasteiger partial charge in [-0.25, -0.2) is 8.42 Å². The molecular formula is C26H32N2O3S. The number of carbonyl (C=O) groups excluding carboxylic acids is 1. The van der Waals surface area contributed by atoms with E-state index in [0.29, 0.717) is 43.3 Å². The normalized spacial score (nSPS) is 21.7. The predicted molar refractivity (Wildman–Crippen MR) is 125 cm³/mol. The standard InChI is InChI=1S/C26H32N2O3S/c29-26(27-18-23-9-4-7-20-5-1-2-10-25(20)23)21-13-15-28(16-14-21)32(30,31)24-12-11-19-6-3-8-22(19)17-24/h1-2,5,10-12,17,21,23H,3-4,6-9,13-16,18H2,(H,27,29). The Morgan fingerprint density at radius 3 is 2.50 bits per heavy atom. The molecule has 1 fully saturated rings. The minimum Gasteiger partial charge on any atom is -0.355 e. The SMILES string of the molecule is O=C(NCC1CCCc2ccccc21)C1CCN(S(=O)(=O)c2ccc3c(c2)CCC3)CC1. The summed E-state index contributed by atoms with van der Waals surface area (Å²) < 4.78 is 27.8. The molecule has 1 amide bonds. The predicted octanol–water partition coefficient (Wildman–Crippen LogP) is 3.81. The topological polar surface area (TPSA) is 66.5 Å². The molecule has 1 atom stereocenters. The molecule has 1 saturated heterocycles. The number of aryl methyl sites for hydroxylation is 3. The van der Waals surface area contributed by atoms with Crippen LogP contribution in [0.25, 0.3) is 0 Å². The molecule has 32 heavy (non-hydrogen) atoms. The molecule has 1 aliphatic heterocycles. The monoisotopic (exact) mass is 452 g/mol. The zero-order valence-electron chi connectivity index (χ0n) is 18.6. The van der Waals surface area contributed by atoms with Gasteiger partial charge in [0.05, 0.1) is 4.90 Å². The maximum atomic E-state index is 13.1. The van der Waals surface area contributed by atoms with E-state index in [2.05, 4.69) is 29.6 Å². The van der Waals surface area contributed by atoms with Gasteiger partial charge in [0.1, 0.15) is 0 Å². The van der Waals surface area contributed by atoms with E-state index in [-0.39, 0.29) is 11.8 Å². The van der Waals surface area contributed by atoms with Crippen molar-refractivity contribution in [2.24, 2.45) is 5.92 Å². The van der Waals surface area contributed by atoms with E-state index in [4.69, 9.17) is 0 Å². The van der Waals surface area contributed by atoms with Crippen molar-refractivity contribution >= 4 is 15.9 Å². The molecule has 0 spiro atoms. The van der Waals surface area contributed by atoms with Crippen LogP contribution in [0.1, 0.15) is 60.3 Å². The lowest BCUT2D eigenvalue weighted by molar-refractivity contribution is -0.126. The van der Waals surface area contributed by atoms with Crippen molar-refractivity contribution in [2.45, 2.75) is 62.2 Å². The Morgan fingerprint density at radius 2 is 1.66 bits per heavy atom. The third kappa shape index (κ3) is 4.23. The molecule has 5 nitrogen and oxygen atoms in total. The maximum Gasteiger partial charge on any atom is 0.243 e. The van der Waals surface area contributed by atoms with Crippen molar-refractivity contribution in [1.29, 1.82) is 0 Å². The minimum absolute atomic E-state index is 0.0719. The lowest BCUT2D eigenvalue weighted by Gasteiger charge is -2.31. The first-order chi connectivity index (χ1) is 15.5. The first-order valence-electron chi connectivity index (χ1n) is 12.0. The van der Waals surface area contributed by atoms with Gasteiger partial charge >= 0.3 is 0 Å². The van der Waals surface area contributed by atoms with Crippen LogP contribution < -0.4 is 5.32 Å². The summed E-state index contributed by atoms with van der Waals surface area (Å²) in [5.74, 6) is 0.340. The van der Waals surface area contributed by atoms with Gasteiger partial charge in [0.15, 0.2) is 0 Å². The van der Waals surface area contributed by atoms with Crippen LogP contribution in [-0.2, 0) is 34.1 Å². The first kappa shape index (κ1) is 21.7. The van der Waals surface area contributed by atoms with Crippen LogP contribution in [-0.4, -0.2) is 38.3 Å². The number of hydrogen-bond acceptors (Lipinski definition) is 3. The molecule has 0 aromatic heterocycles. The Balaban J connectivity index is 1.17. The number of amides is 1. The van der Waals surface area contributed by atoms with E-state index < -0.39 is 10.0 Å². The van der Waals surface area contributed by atoms with Crippen molar-refractivity contribution in [3.05, 3.63) is 64.7 Å². The zero-order chi connectivity index (χ0) is 22.1. The minimum atomic E-state index is -3.49. The van der Waals surface area contributed by atoms with Crippen molar-refractivity contribution in [3.63, 3.8) is 0 Å². The fourth-order valence-corrected chi connectivity index (χ4v) is 7.17. The second-order valence-corrected chi connectivity index (χ2v) is 11.4. The van der Waals surface area contributed by atoms with Gasteiger partial charge in [0.25, 0.3) is 0 Å². The molecule has 1 unspecified atom stereocenters. The fraction of sp³-hybridized carbons (Fsp3) is 0.500. The lowest BCUT2D eigenvalue weighted by atomic mass is 9.82. The average Bonchev–Trinajstić information content (AvgIpc) is 3.30. The smallest absolute Gasteiger partial charge is 0.243 e. The molecule has 2 aromatic carbocycles. The highest BCUT2D eigenvalue weighted by Gasteiger charge is 2.33. The summed E-state index contributed by atoms with van der Waals surface area (Å²) in [5.41, 5.74) is 5.22. The maximum absolute atomic E-state index is 13.1. The van der Waals surface area contributed by atoms with Crippen molar-refractivity contribution < 1.29 is 13.2 Å². The molecule has 0 radical (unpaired) electrons. The molecule has 0 saturated carbocycles. The molecule has 5 rings (SSSR count). The number of piperidine rings is 1. The number of hydrogen-bond donors (Lipinski definition) is 1. The molecule has 0 bridgehead atoms. The number of rotatable bonds is 5. The van der Waals surface area contributed by atoms with Gasteiger partial charge in [0.2, 0.25) is 15.9 Å². The van der Waals surface area contributed by atoms with E-state index >= 15 is 0 Å². The number of benzene rings is 2. The van der Waals surface area contributed by atoms with Crippen LogP contribution in [0.2, 0.25) is 0 Å². The molecule has 2 aliphatic carbocycles. The highest BCUT2D eigenvalue weighted by molar-refractivity contribution is 7.89. The largest absolute Gasteiger partial charge is 0.355 e. The van der Waals surface area contributed by atoms with Crippen molar-refractivity contribution in [2.75, 3.05) is 19.6 Å². The molecular weight excluding hydrogens is 420 g/mol. The Labute approximate surface area is 191 Å². The fourth-order valence-electron chi connectivity index (χ4n) is 5.65.